The lowest BCUT2D eigenvalue weighted by molar-refractivity contribution is 0.102. The summed E-state index contributed by atoms with van der Waals surface area (Å²) in [5.41, 5.74) is 3.47. The van der Waals surface area contributed by atoms with Crippen molar-refractivity contribution in [2.24, 2.45) is 0 Å². The van der Waals surface area contributed by atoms with Crippen LogP contribution >= 0.6 is 11.3 Å². The number of hydrogen-bond donors (Lipinski definition) is 1. The van der Waals surface area contributed by atoms with E-state index in [1.54, 1.807) is 31.4 Å². The SMILES string of the molecule is COc1cccc(C(=O)Nc2nc(-c3ccccc3)c(-c3ccccc3)s2)c1. The van der Waals surface area contributed by atoms with Gasteiger partial charge in [0.1, 0.15) is 5.75 Å². The molecule has 4 aromatic rings. The molecular formula is C23H18N2O2S. The van der Waals surface area contributed by atoms with Gasteiger partial charge in [0.05, 0.1) is 17.7 Å². The van der Waals surface area contributed by atoms with E-state index in [0.29, 0.717) is 16.4 Å². The Hall–Kier alpha value is -3.44. The molecule has 1 heterocycles. The van der Waals surface area contributed by atoms with Crippen molar-refractivity contribution in [1.82, 2.24) is 4.98 Å². The molecule has 3 aromatic carbocycles. The van der Waals surface area contributed by atoms with Crippen LogP contribution in [0, 0.1) is 0 Å². The summed E-state index contributed by atoms with van der Waals surface area (Å²) in [6, 6.07) is 27.1. The van der Waals surface area contributed by atoms with Gasteiger partial charge in [-0.05, 0) is 23.8 Å². The molecule has 0 radical (unpaired) electrons. The Morgan fingerprint density at radius 1 is 0.893 bits per heavy atom. The maximum atomic E-state index is 12.7. The largest absolute Gasteiger partial charge is 0.497 e. The van der Waals surface area contributed by atoms with Crippen LogP contribution in [-0.4, -0.2) is 18.0 Å². The molecule has 1 amide bonds. The Morgan fingerprint density at radius 2 is 1.57 bits per heavy atom. The van der Waals surface area contributed by atoms with E-state index in [9.17, 15) is 4.79 Å². The first-order chi connectivity index (χ1) is 13.7. The summed E-state index contributed by atoms with van der Waals surface area (Å²) in [6.07, 6.45) is 0. The number of benzene rings is 3. The van der Waals surface area contributed by atoms with Crippen LogP contribution in [0.3, 0.4) is 0 Å². The van der Waals surface area contributed by atoms with Gasteiger partial charge in [0, 0.05) is 11.1 Å². The van der Waals surface area contributed by atoms with Crippen molar-refractivity contribution < 1.29 is 9.53 Å². The first-order valence-corrected chi connectivity index (χ1v) is 9.63. The monoisotopic (exact) mass is 386 g/mol. The highest BCUT2D eigenvalue weighted by molar-refractivity contribution is 7.19. The van der Waals surface area contributed by atoms with Crippen LogP contribution in [0.15, 0.2) is 84.9 Å². The van der Waals surface area contributed by atoms with Gasteiger partial charge in [-0.3, -0.25) is 10.1 Å². The molecule has 0 aliphatic heterocycles. The first kappa shape index (κ1) is 17.9. The predicted octanol–water partition coefficient (Wildman–Crippen LogP) is 5.74. The van der Waals surface area contributed by atoms with Gasteiger partial charge < -0.3 is 4.74 Å². The van der Waals surface area contributed by atoms with E-state index in [4.69, 9.17) is 9.72 Å². The molecule has 138 valence electrons. The number of rotatable bonds is 5. The molecule has 1 aromatic heterocycles. The lowest BCUT2D eigenvalue weighted by Gasteiger charge is -2.04. The van der Waals surface area contributed by atoms with Crippen LogP contribution in [0.25, 0.3) is 21.7 Å². The molecule has 4 nitrogen and oxygen atoms in total. The van der Waals surface area contributed by atoms with Crippen molar-refractivity contribution in [3.05, 3.63) is 90.5 Å². The van der Waals surface area contributed by atoms with Crippen LogP contribution in [0.5, 0.6) is 5.75 Å². The highest BCUT2D eigenvalue weighted by Gasteiger charge is 2.17. The number of hydrogen-bond acceptors (Lipinski definition) is 4. The van der Waals surface area contributed by atoms with E-state index >= 15 is 0 Å². The van der Waals surface area contributed by atoms with Gasteiger partial charge in [-0.25, -0.2) is 4.98 Å². The fourth-order valence-electron chi connectivity index (χ4n) is 2.88. The summed E-state index contributed by atoms with van der Waals surface area (Å²) in [6.45, 7) is 0. The topological polar surface area (TPSA) is 51.2 Å². The smallest absolute Gasteiger partial charge is 0.257 e. The molecule has 0 atom stereocenters. The van der Waals surface area contributed by atoms with Crippen LogP contribution in [0.2, 0.25) is 0 Å². The lowest BCUT2D eigenvalue weighted by Crippen LogP contribution is -2.11. The van der Waals surface area contributed by atoms with Gasteiger partial charge in [-0.1, -0.05) is 78.1 Å². The molecule has 0 saturated carbocycles. The number of carbonyl (C=O) groups excluding carboxylic acids is 1. The van der Waals surface area contributed by atoms with E-state index in [-0.39, 0.29) is 5.91 Å². The van der Waals surface area contributed by atoms with Crippen molar-refractivity contribution >= 4 is 22.4 Å². The minimum absolute atomic E-state index is 0.216. The summed E-state index contributed by atoms with van der Waals surface area (Å²) in [5.74, 6) is 0.425. The Labute approximate surface area is 167 Å². The number of ether oxygens (including phenoxy) is 1. The fourth-order valence-corrected chi connectivity index (χ4v) is 3.87. The minimum Gasteiger partial charge on any atom is -0.497 e. The molecule has 0 fully saturated rings. The quantitative estimate of drug-likeness (QED) is 0.476. The number of amides is 1. The van der Waals surface area contributed by atoms with E-state index in [1.807, 2.05) is 60.7 Å². The van der Waals surface area contributed by atoms with Gasteiger partial charge in [-0.15, -0.1) is 0 Å². The number of carbonyl (C=O) groups is 1. The second-order valence-corrected chi connectivity index (χ2v) is 7.11. The molecule has 4 rings (SSSR count). The van der Waals surface area contributed by atoms with Crippen LogP contribution in [0.1, 0.15) is 10.4 Å². The number of nitrogens with zero attached hydrogens (tertiary/aromatic N) is 1. The Bertz CT molecular complexity index is 1040. The number of anilines is 1. The average Bonchev–Trinajstić information content (AvgIpc) is 3.19. The number of nitrogens with one attached hydrogen (secondary N) is 1. The molecule has 5 heteroatoms. The zero-order valence-electron chi connectivity index (χ0n) is 15.3. The summed E-state index contributed by atoms with van der Waals surface area (Å²) >= 11 is 1.47. The van der Waals surface area contributed by atoms with Gasteiger partial charge in [0.25, 0.3) is 5.91 Å². The van der Waals surface area contributed by atoms with Crippen molar-refractivity contribution in [2.75, 3.05) is 12.4 Å². The van der Waals surface area contributed by atoms with Gasteiger partial charge in [-0.2, -0.15) is 0 Å². The Kier molecular flexibility index (Phi) is 5.17. The third-order valence-electron chi connectivity index (χ3n) is 4.26. The van der Waals surface area contributed by atoms with Crippen molar-refractivity contribution in [1.29, 1.82) is 0 Å². The first-order valence-electron chi connectivity index (χ1n) is 8.81. The van der Waals surface area contributed by atoms with E-state index in [0.717, 1.165) is 21.7 Å². The van der Waals surface area contributed by atoms with Gasteiger partial charge in [0.15, 0.2) is 5.13 Å². The molecular weight excluding hydrogens is 368 g/mol. The molecule has 28 heavy (non-hydrogen) atoms. The molecule has 0 saturated heterocycles. The number of methoxy groups -OCH3 is 1. The summed E-state index contributed by atoms with van der Waals surface area (Å²) < 4.78 is 5.20. The summed E-state index contributed by atoms with van der Waals surface area (Å²) in [5, 5.41) is 3.48. The third kappa shape index (κ3) is 3.80. The normalized spacial score (nSPS) is 10.5. The molecule has 0 unspecified atom stereocenters. The second-order valence-electron chi connectivity index (χ2n) is 6.11. The van der Waals surface area contributed by atoms with Gasteiger partial charge in [0.2, 0.25) is 0 Å². The Morgan fingerprint density at radius 3 is 2.25 bits per heavy atom. The van der Waals surface area contributed by atoms with Gasteiger partial charge >= 0.3 is 0 Å². The van der Waals surface area contributed by atoms with E-state index < -0.39 is 0 Å². The standard InChI is InChI=1S/C23H18N2O2S/c1-27-19-14-8-13-18(15-19)22(26)25-23-24-20(16-9-4-2-5-10-16)21(28-23)17-11-6-3-7-12-17/h2-15H,1H3,(H,24,25,26). The number of aromatic nitrogens is 1. The second kappa shape index (κ2) is 8.06. The molecule has 1 N–H and O–H groups in total. The van der Waals surface area contributed by atoms with Crippen molar-refractivity contribution in [3.8, 4) is 27.4 Å². The molecule has 0 aliphatic rings. The number of thiazole rings is 1. The maximum Gasteiger partial charge on any atom is 0.257 e. The fraction of sp³-hybridized carbons (Fsp3) is 0.0435. The van der Waals surface area contributed by atoms with Crippen LogP contribution in [0.4, 0.5) is 5.13 Å². The van der Waals surface area contributed by atoms with E-state index in [1.165, 1.54) is 11.3 Å². The highest BCUT2D eigenvalue weighted by Crippen LogP contribution is 2.39. The maximum absolute atomic E-state index is 12.7. The predicted molar refractivity (Wildman–Crippen MR) is 114 cm³/mol. The van der Waals surface area contributed by atoms with E-state index in [2.05, 4.69) is 5.32 Å². The average molecular weight is 386 g/mol. The summed E-state index contributed by atoms with van der Waals surface area (Å²) in [7, 11) is 1.58. The lowest BCUT2D eigenvalue weighted by atomic mass is 10.1. The third-order valence-corrected chi connectivity index (χ3v) is 5.28. The molecule has 0 aliphatic carbocycles. The highest BCUT2D eigenvalue weighted by atomic mass is 32.1. The summed E-state index contributed by atoms with van der Waals surface area (Å²) in [4.78, 5) is 18.4. The van der Waals surface area contributed by atoms with Crippen molar-refractivity contribution in [2.45, 2.75) is 0 Å². The minimum atomic E-state index is -0.216. The molecule has 0 bridgehead atoms. The molecule has 0 spiro atoms. The van der Waals surface area contributed by atoms with Crippen molar-refractivity contribution in [3.63, 3.8) is 0 Å². The van der Waals surface area contributed by atoms with Crippen LogP contribution in [-0.2, 0) is 0 Å². The zero-order valence-corrected chi connectivity index (χ0v) is 16.1. The zero-order chi connectivity index (χ0) is 19.3. The van der Waals surface area contributed by atoms with Crippen LogP contribution < -0.4 is 10.1 Å². The Balaban J connectivity index is 1.70.